The Hall–Kier alpha value is -2.35. The molecule has 0 fully saturated rings. The van der Waals surface area contributed by atoms with Crippen LogP contribution >= 0.6 is 11.8 Å². The Morgan fingerprint density at radius 1 is 1.38 bits per heavy atom. The van der Waals surface area contributed by atoms with Crippen LogP contribution in [-0.2, 0) is 5.75 Å². The van der Waals surface area contributed by atoms with Crippen molar-refractivity contribution >= 4 is 11.8 Å². The number of hydrogen-bond acceptors (Lipinski definition) is 7. The summed E-state index contributed by atoms with van der Waals surface area (Å²) in [6.07, 6.45) is 1.66. The second-order valence-corrected chi connectivity index (χ2v) is 5.15. The van der Waals surface area contributed by atoms with Crippen LogP contribution in [0.2, 0.25) is 0 Å². The van der Waals surface area contributed by atoms with Crippen LogP contribution in [-0.4, -0.2) is 32.0 Å². The molecular formula is C13H13N5O2S. The summed E-state index contributed by atoms with van der Waals surface area (Å²) in [4.78, 5) is 4.16. The minimum Gasteiger partial charge on any atom is -0.497 e. The van der Waals surface area contributed by atoms with Gasteiger partial charge in [-0.15, -0.1) is 10.2 Å². The van der Waals surface area contributed by atoms with Gasteiger partial charge in [-0.05, 0) is 19.1 Å². The van der Waals surface area contributed by atoms with Crippen molar-refractivity contribution in [1.82, 2.24) is 24.9 Å². The first kappa shape index (κ1) is 13.6. The number of aryl methyl sites for hydroxylation is 1. The fourth-order valence-corrected chi connectivity index (χ4v) is 2.55. The van der Waals surface area contributed by atoms with Crippen LogP contribution in [0.4, 0.5) is 0 Å². The van der Waals surface area contributed by atoms with Crippen molar-refractivity contribution in [2.24, 2.45) is 0 Å². The lowest BCUT2D eigenvalue weighted by Gasteiger charge is -2.07. The van der Waals surface area contributed by atoms with Gasteiger partial charge < -0.3 is 9.26 Å². The van der Waals surface area contributed by atoms with Crippen molar-refractivity contribution in [3.63, 3.8) is 0 Å². The first-order chi connectivity index (χ1) is 10.3. The molecule has 0 saturated heterocycles. The van der Waals surface area contributed by atoms with Gasteiger partial charge in [-0.3, -0.25) is 4.57 Å². The zero-order valence-corrected chi connectivity index (χ0v) is 12.4. The fourth-order valence-electron chi connectivity index (χ4n) is 1.79. The minimum absolute atomic E-state index is 0.545. The predicted molar refractivity (Wildman–Crippen MR) is 76.5 cm³/mol. The highest BCUT2D eigenvalue weighted by Crippen LogP contribution is 2.24. The Labute approximate surface area is 125 Å². The summed E-state index contributed by atoms with van der Waals surface area (Å²) < 4.78 is 12.2. The van der Waals surface area contributed by atoms with Crippen LogP contribution in [0, 0.1) is 6.92 Å². The van der Waals surface area contributed by atoms with E-state index in [-0.39, 0.29) is 0 Å². The molecule has 0 unspecified atom stereocenters. The van der Waals surface area contributed by atoms with Gasteiger partial charge >= 0.3 is 0 Å². The van der Waals surface area contributed by atoms with E-state index in [0.29, 0.717) is 17.5 Å². The number of aromatic nitrogens is 5. The second-order valence-electron chi connectivity index (χ2n) is 4.21. The van der Waals surface area contributed by atoms with Gasteiger partial charge in [-0.2, -0.15) is 4.98 Å². The standard InChI is InChI=1S/C13H13N5O2S/c1-9-15-12(20-17-9)7-21-13-16-14-8-18(13)10-4-3-5-11(6-10)19-2/h3-6,8H,7H2,1-2H3. The van der Waals surface area contributed by atoms with Crippen molar-refractivity contribution < 1.29 is 9.26 Å². The molecule has 0 bridgehead atoms. The maximum atomic E-state index is 5.23. The molecular weight excluding hydrogens is 290 g/mol. The monoisotopic (exact) mass is 303 g/mol. The Kier molecular flexibility index (Phi) is 3.87. The number of ether oxygens (including phenoxy) is 1. The van der Waals surface area contributed by atoms with Crippen LogP contribution in [0.5, 0.6) is 5.75 Å². The normalized spacial score (nSPS) is 10.8. The molecule has 8 heteroatoms. The van der Waals surface area contributed by atoms with Gasteiger partial charge in [-0.1, -0.05) is 23.0 Å². The Morgan fingerprint density at radius 3 is 3.05 bits per heavy atom. The zero-order chi connectivity index (χ0) is 14.7. The highest BCUT2D eigenvalue weighted by molar-refractivity contribution is 7.98. The molecule has 0 N–H and O–H groups in total. The van der Waals surface area contributed by atoms with Gasteiger partial charge in [0, 0.05) is 6.07 Å². The van der Waals surface area contributed by atoms with Crippen molar-refractivity contribution in [1.29, 1.82) is 0 Å². The third kappa shape index (κ3) is 3.05. The summed E-state index contributed by atoms with van der Waals surface area (Å²) in [5.74, 6) is 2.52. The van der Waals surface area contributed by atoms with E-state index in [1.807, 2.05) is 28.8 Å². The summed E-state index contributed by atoms with van der Waals surface area (Å²) in [5.41, 5.74) is 0.934. The van der Waals surface area contributed by atoms with Gasteiger partial charge in [0.25, 0.3) is 0 Å². The van der Waals surface area contributed by atoms with Crippen molar-refractivity contribution in [3.8, 4) is 11.4 Å². The molecule has 2 heterocycles. The van der Waals surface area contributed by atoms with Gasteiger partial charge in [0.2, 0.25) is 5.89 Å². The van der Waals surface area contributed by atoms with E-state index in [0.717, 1.165) is 16.6 Å². The maximum Gasteiger partial charge on any atom is 0.237 e. The van der Waals surface area contributed by atoms with E-state index in [2.05, 4.69) is 20.3 Å². The quantitative estimate of drug-likeness (QED) is 0.669. The molecule has 0 radical (unpaired) electrons. The molecule has 0 aliphatic rings. The number of rotatable bonds is 5. The topological polar surface area (TPSA) is 78.9 Å². The molecule has 0 amide bonds. The molecule has 0 aliphatic heterocycles. The number of thioether (sulfide) groups is 1. The van der Waals surface area contributed by atoms with Gasteiger partial charge in [0.15, 0.2) is 11.0 Å². The summed E-state index contributed by atoms with van der Waals surface area (Å²) in [5, 5.41) is 12.6. The number of benzene rings is 1. The molecule has 0 spiro atoms. The predicted octanol–water partition coefficient (Wildman–Crippen LogP) is 2.26. The van der Waals surface area contributed by atoms with E-state index in [1.54, 1.807) is 20.4 Å². The largest absolute Gasteiger partial charge is 0.497 e. The van der Waals surface area contributed by atoms with E-state index < -0.39 is 0 Å². The minimum atomic E-state index is 0.545. The lowest BCUT2D eigenvalue weighted by atomic mass is 10.3. The molecule has 2 aromatic heterocycles. The fraction of sp³-hybridized carbons (Fsp3) is 0.231. The van der Waals surface area contributed by atoms with E-state index in [1.165, 1.54) is 11.8 Å². The molecule has 7 nitrogen and oxygen atoms in total. The average Bonchev–Trinajstić information content (AvgIpc) is 3.14. The summed E-state index contributed by atoms with van der Waals surface area (Å²) in [6.45, 7) is 1.79. The number of methoxy groups -OCH3 is 1. The Bertz CT molecular complexity index is 740. The second kappa shape index (κ2) is 5.96. The zero-order valence-electron chi connectivity index (χ0n) is 11.6. The summed E-state index contributed by atoms with van der Waals surface area (Å²) in [6, 6.07) is 7.70. The molecule has 0 saturated carbocycles. The van der Waals surface area contributed by atoms with Crippen LogP contribution in [0.15, 0.2) is 40.3 Å². The maximum absolute atomic E-state index is 5.23. The lowest BCUT2D eigenvalue weighted by Crippen LogP contribution is -1.96. The number of nitrogens with zero attached hydrogens (tertiary/aromatic N) is 5. The molecule has 0 aliphatic carbocycles. The summed E-state index contributed by atoms with van der Waals surface area (Å²) in [7, 11) is 1.64. The number of hydrogen-bond donors (Lipinski definition) is 0. The van der Waals surface area contributed by atoms with Gasteiger partial charge in [0.05, 0.1) is 18.6 Å². The molecule has 3 rings (SSSR count). The third-order valence-corrected chi connectivity index (χ3v) is 3.67. The van der Waals surface area contributed by atoms with Crippen molar-refractivity contribution in [2.75, 3.05) is 7.11 Å². The molecule has 108 valence electrons. The third-order valence-electron chi connectivity index (χ3n) is 2.74. The highest BCUT2D eigenvalue weighted by atomic mass is 32.2. The molecule has 1 aromatic carbocycles. The summed E-state index contributed by atoms with van der Waals surface area (Å²) >= 11 is 1.48. The average molecular weight is 303 g/mol. The Balaban J connectivity index is 1.80. The van der Waals surface area contributed by atoms with Gasteiger partial charge in [0.1, 0.15) is 12.1 Å². The van der Waals surface area contributed by atoms with E-state index in [4.69, 9.17) is 9.26 Å². The smallest absolute Gasteiger partial charge is 0.237 e. The van der Waals surface area contributed by atoms with Crippen LogP contribution in [0.25, 0.3) is 5.69 Å². The SMILES string of the molecule is COc1cccc(-n2cnnc2SCc2nc(C)no2)c1. The van der Waals surface area contributed by atoms with E-state index in [9.17, 15) is 0 Å². The van der Waals surface area contributed by atoms with Crippen LogP contribution in [0.1, 0.15) is 11.7 Å². The molecule has 21 heavy (non-hydrogen) atoms. The first-order valence-corrected chi connectivity index (χ1v) is 7.21. The Morgan fingerprint density at radius 2 is 2.29 bits per heavy atom. The van der Waals surface area contributed by atoms with Gasteiger partial charge in [-0.25, -0.2) is 0 Å². The van der Waals surface area contributed by atoms with Crippen LogP contribution in [0.3, 0.4) is 0 Å². The first-order valence-electron chi connectivity index (χ1n) is 6.22. The highest BCUT2D eigenvalue weighted by Gasteiger charge is 2.10. The molecule has 3 aromatic rings. The van der Waals surface area contributed by atoms with Crippen LogP contribution < -0.4 is 4.74 Å². The lowest BCUT2D eigenvalue weighted by molar-refractivity contribution is 0.387. The van der Waals surface area contributed by atoms with Crippen molar-refractivity contribution in [2.45, 2.75) is 17.8 Å². The van der Waals surface area contributed by atoms with E-state index >= 15 is 0 Å². The van der Waals surface area contributed by atoms with Crippen molar-refractivity contribution in [3.05, 3.63) is 42.3 Å². The molecule has 0 atom stereocenters.